The van der Waals surface area contributed by atoms with Crippen LogP contribution in [0.3, 0.4) is 0 Å². The largest absolute Gasteiger partial charge is 0.462 e. The Morgan fingerprint density at radius 2 is 1.60 bits per heavy atom. The number of aliphatic hydroxyl groups excluding tert-OH is 1. The highest BCUT2D eigenvalue weighted by atomic mass is 16.5. The highest BCUT2D eigenvalue weighted by molar-refractivity contribution is 6.04. The number of hydrogen-bond acceptors (Lipinski definition) is 6. The number of hydrogen-bond donors (Lipinski definition) is 1. The zero-order valence-corrected chi connectivity index (χ0v) is 18.7. The highest BCUT2D eigenvalue weighted by Gasteiger charge is 2.76. The third-order valence-electron chi connectivity index (χ3n) is 9.13. The molecule has 0 aliphatic heterocycles. The van der Waals surface area contributed by atoms with Crippen molar-refractivity contribution in [1.82, 2.24) is 0 Å². The van der Waals surface area contributed by atoms with Crippen molar-refractivity contribution in [3.63, 3.8) is 0 Å². The predicted molar refractivity (Wildman–Crippen MR) is 109 cm³/mol. The molecule has 2 bridgehead atoms. The average Bonchev–Trinajstić information content (AvgIpc) is 2.74. The molecule has 1 spiro atoms. The molecule has 1 unspecified atom stereocenters. The van der Waals surface area contributed by atoms with Gasteiger partial charge in [0.15, 0.2) is 5.78 Å². The van der Waals surface area contributed by atoms with Gasteiger partial charge in [0.05, 0.1) is 6.10 Å². The third kappa shape index (κ3) is 2.55. The smallest absolute Gasteiger partial charge is 0.302 e. The Hall–Kier alpha value is -1.69. The summed E-state index contributed by atoms with van der Waals surface area (Å²) >= 11 is 0. The van der Waals surface area contributed by atoms with Crippen molar-refractivity contribution < 1.29 is 29.0 Å². The van der Waals surface area contributed by atoms with Gasteiger partial charge in [-0.05, 0) is 54.9 Å². The molecule has 166 valence electrons. The lowest BCUT2D eigenvalue weighted by Crippen LogP contribution is -2.70. The van der Waals surface area contributed by atoms with Gasteiger partial charge in [-0.25, -0.2) is 0 Å². The Bertz CT molecular complexity index is 815. The summed E-state index contributed by atoms with van der Waals surface area (Å²) in [5, 5.41) is 11.4. The van der Waals surface area contributed by atoms with E-state index in [4.69, 9.17) is 9.47 Å². The minimum Gasteiger partial charge on any atom is -0.462 e. The monoisotopic (exact) mass is 418 g/mol. The lowest BCUT2D eigenvalue weighted by molar-refractivity contribution is -0.259. The molecule has 0 saturated heterocycles. The summed E-state index contributed by atoms with van der Waals surface area (Å²) in [5.74, 6) is -1.41. The number of carbonyl (C=O) groups excluding carboxylic acids is 3. The van der Waals surface area contributed by atoms with E-state index in [2.05, 4.69) is 27.4 Å². The molecular formula is C24H34O6. The first-order valence-corrected chi connectivity index (χ1v) is 11.1. The van der Waals surface area contributed by atoms with E-state index in [9.17, 15) is 19.5 Å². The average molecular weight is 419 g/mol. The van der Waals surface area contributed by atoms with Crippen LogP contribution in [0.2, 0.25) is 0 Å². The van der Waals surface area contributed by atoms with Gasteiger partial charge in [0, 0.05) is 25.2 Å². The number of carbonyl (C=O) groups is 3. The van der Waals surface area contributed by atoms with E-state index in [0.29, 0.717) is 24.8 Å². The number of ketones is 1. The van der Waals surface area contributed by atoms with Gasteiger partial charge in [-0.3, -0.25) is 14.4 Å². The molecule has 0 aromatic carbocycles. The molecule has 6 nitrogen and oxygen atoms in total. The van der Waals surface area contributed by atoms with Crippen molar-refractivity contribution in [2.75, 3.05) is 0 Å². The van der Waals surface area contributed by atoms with Crippen molar-refractivity contribution >= 4 is 17.7 Å². The van der Waals surface area contributed by atoms with Crippen LogP contribution in [-0.2, 0) is 23.9 Å². The second-order valence-corrected chi connectivity index (χ2v) is 10.8. The summed E-state index contributed by atoms with van der Waals surface area (Å²) in [7, 11) is 0. The number of Topliss-reactive ketones (excluding diaryl/α,β-unsaturated/α-hetero) is 1. The first kappa shape index (κ1) is 21.5. The van der Waals surface area contributed by atoms with E-state index >= 15 is 0 Å². The van der Waals surface area contributed by atoms with E-state index in [1.165, 1.54) is 13.8 Å². The number of fused-ring (bicyclic) bond motifs is 3. The Labute approximate surface area is 178 Å². The fraction of sp³-hybridized carbons (Fsp3) is 0.792. The van der Waals surface area contributed by atoms with Crippen LogP contribution < -0.4 is 0 Å². The molecule has 6 heteroatoms. The number of ether oxygens (including phenoxy) is 2. The number of esters is 2. The normalized spacial score (nSPS) is 46.6. The summed E-state index contributed by atoms with van der Waals surface area (Å²) < 4.78 is 11.7. The Morgan fingerprint density at radius 3 is 2.20 bits per heavy atom. The molecule has 0 heterocycles. The summed E-state index contributed by atoms with van der Waals surface area (Å²) in [6, 6.07) is 0. The lowest BCUT2D eigenvalue weighted by atomic mass is 9.39. The third-order valence-corrected chi connectivity index (χ3v) is 9.13. The number of rotatable bonds is 2. The molecule has 1 N–H and O–H groups in total. The van der Waals surface area contributed by atoms with Crippen LogP contribution in [0.25, 0.3) is 0 Å². The van der Waals surface area contributed by atoms with E-state index < -0.39 is 29.0 Å². The maximum absolute atomic E-state index is 13.7. The van der Waals surface area contributed by atoms with Crippen molar-refractivity contribution in [3.05, 3.63) is 12.2 Å². The molecule has 4 aliphatic carbocycles. The van der Waals surface area contributed by atoms with Crippen molar-refractivity contribution in [1.29, 1.82) is 0 Å². The standard InChI is InChI=1S/C24H34O6/c1-12-15-7-8-16-23(6)17(22(4,5)10-9-18(23)29-13(2)25)11-19(30-14(3)26)24(16,20(12)27)21(15)28/h15-19,21,28H,1,7-11H2,2-6H3/t15-,16-,17+,18+,19+,21?,23-,24-/m0/s1. The minimum absolute atomic E-state index is 0.0773. The molecule has 4 aliphatic rings. The van der Waals surface area contributed by atoms with E-state index in [0.717, 1.165) is 12.8 Å². The van der Waals surface area contributed by atoms with Gasteiger partial charge in [-0.2, -0.15) is 0 Å². The van der Waals surface area contributed by atoms with Gasteiger partial charge >= 0.3 is 11.9 Å². The van der Waals surface area contributed by atoms with Crippen molar-refractivity contribution in [2.45, 2.75) is 85.0 Å². The van der Waals surface area contributed by atoms with Gasteiger partial charge in [-0.15, -0.1) is 0 Å². The van der Waals surface area contributed by atoms with Crippen molar-refractivity contribution in [3.8, 4) is 0 Å². The lowest BCUT2D eigenvalue weighted by Gasteiger charge is -2.66. The van der Waals surface area contributed by atoms with E-state index in [-0.39, 0.29) is 41.0 Å². The van der Waals surface area contributed by atoms with Crippen LogP contribution in [-0.4, -0.2) is 41.1 Å². The maximum atomic E-state index is 13.7. The van der Waals surface area contributed by atoms with Gasteiger partial charge in [-0.1, -0.05) is 27.4 Å². The van der Waals surface area contributed by atoms with Gasteiger partial charge in [0.2, 0.25) is 0 Å². The van der Waals surface area contributed by atoms with Crippen LogP contribution in [0.4, 0.5) is 0 Å². The Balaban J connectivity index is 1.92. The molecule has 0 aromatic rings. The minimum atomic E-state index is -1.21. The molecule has 30 heavy (non-hydrogen) atoms. The van der Waals surface area contributed by atoms with E-state index in [1.54, 1.807) is 0 Å². The first-order chi connectivity index (χ1) is 13.9. The van der Waals surface area contributed by atoms with Crippen LogP contribution in [0.1, 0.15) is 66.7 Å². The zero-order chi connectivity index (χ0) is 22.2. The second-order valence-electron chi connectivity index (χ2n) is 10.8. The van der Waals surface area contributed by atoms with Crippen LogP contribution in [0, 0.1) is 34.0 Å². The highest BCUT2D eigenvalue weighted by Crippen LogP contribution is 2.71. The molecule has 4 rings (SSSR count). The predicted octanol–water partition coefficient (Wildman–Crippen LogP) is 3.21. The van der Waals surface area contributed by atoms with Gasteiger partial charge in [0.1, 0.15) is 17.6 Å². The zero-order valence-electron chi connectivity index (χ0n) is 18.7. The van der Waals surface area contributed by atoms with Crippen LogP contribution in [0.15, 0.2) is 12.2 Å². The molecule has 4 fully saturated rings. The summed E-state index contributed by atoms with van der Waals surface area (Å²) in [6.45, 7) is 13.3. The maximum Gasteiger partial charge on any atom is 0.302 e. The Morgan fingerprint density at radius 1 is 1.00 bits per heavy atom. The fourth-order valence-electron chi connectivity index (χ4n) is 8.01. The Kier molecular flexibility index (Phi) is 4.78. The molecule has 0 amide bonds. The SMILES string of the molecule is C=C1C(=O)[C@]23C(O)[C@H]1CC[C@H]2[C@@]1(C)[C@H](C[C@H]3OC(C)=O)C(C)(C)CC[C@H]1OC(C)=O. The number of aliphatic hydroxyl groups is 1. The molecule has 0 aromatic heterocycles. The first-order valence-electron chi connectivity index (χ1n) is 11.1. The fourth-order valence-corrected chi connectivity index (χ4v) is 8.01. The summed E-state index contributed by atoms with van der Waals surface area (Å²) in [5.41, 5.74) is -1.34. The van der Waals surface area contributed by atoms with Crippen LogP contribution in [0.5, 0.6) is 0 Å². The topological polar surface area (TPSA) is 89.9 Å². The van der Waals surface area contributed by atoms with E-state index in [1.807, 2.05) is 0 Å². The van der Waals surface area contributed by atoms with Gasteiger partial charge in [0.25, 0.3) is 0 Å². The quantitative estimate of drug-likeness (QED) is 0.547. The van der Waals surface area contributed by atoms with Crippen LogP contribution >= 0.6 is 0 Å². The summed E-state index contributed by atoms with van der Waals surface area (Å²) in [6.07, 6.45) is 1.49. The van der Waals surface area contributed by atoms with Crippen molar-refractivity contribution in [2.24, 2.45) is 34.0 Å². The van der Waals surface area contributed by atoms with Gasteiger partial charge < -0.3 is 14.6 Å². The summed E-state index contributed by atoms with van der Waals surface area (Å²) in [4.78, 5) is 37.7. The molecule has 8 atom stereocenters. The molecule has 0 radical (unpaired) electrons. The molecule has 4 saturated carbocycles. The second kappa shape index (κ2) is 6.65. The molecular weight excluding hydrogens is 384 g/mol.